The Hall–Kier alpha value is -3.63. The highest BCUT2D eigenvalue weighted by molar-refractivity contribution is 6.03. The van der Waals surface area contributed by atoms with E-state index in [1.165, 1.54) is 31.4 Å². The predicted molar refractivity (Wildman–Crippen MR) is 106 cm³/mol. The lowest BCUT2D eigenvalue weighted by molar-refractivity contribution is -0.274. The molecule has 0 saturated carbocycles. The van der Waals surface area contributed by atoms with E-state index in [0.717, 1.165) is 0 Å². The topological polar surface area (TPSA) is 94.7 Å². The van der Waals surface area contributed by atoms with Crippen molar-refractivity contribution in [3.63, 3.8) is 0 Å². The molecule has 1 aromatic rings. The van der Waals surface area contributed by atoms with Crippen LogP contribution >= 0.6 is 0 Å². The highest BCUT2D eigenvalue weighted by atomic mass is 19.4. The molecule has 2 heterocycles. The van der Waals surface area contributed by atoms with Gasteiger partial charge in [-0.3, -0.25) is 10.1 Å². The lowest BCUT2D eigenvalue weighted by Gasteiger charge is -2.32. The molecule has 0 fully saturated rings. The van der Waals surface area contributed by atoms with E-state index in [1.807, 2.05) is 18.2 Å². The van der Waals surface area contributed by atoms with Gasteiger partial charge in [0.15, 0.2) is 0 Å². The summed E-state index contributed by atoms with van der Waals surface area (Å²) in [5, 5.41) is 10.8. The number of urea groups is 1. The van der Waals surface area contributed by atoms with Gasteiger partial charge in [0.25, 0.3) is 5.91 Å². The molecule has 0 radical (unpaired) electrons. The first-order valence-electron chi connectivity index (χ1n) is 9.45. The molecule has 1 aromatic carbocycles. The van der Waals surface area contributed by atoms with Crippen molar-refractivity contribution in [2.24, 2.45) is 0 Å². The summed E-state index contributed by atoms with van der Waals surface area (Å²) in [5.74, 6) is -0.916. The molecule has 0 aliphatic carbocycles. The Labute approximate surface area is 176 Å². The summed E-state index contributed by atoms with van der Waals surface area (Å²) in [5.41, 5.74) is 0.818. The summed E-state index contributed by atoms with van der Waals surface area (Å²) in [6.07, 6.45) is 3.96. The molecule has 2 aliphatic heterocycles. The molecule has 166 valence electrons. The van der Waals surface area contributed by atoms with E-state index >= 15 is 0 Å². The third kappa shape index (κ3) is 6.17. The van der Waals surface area contributed by atoms with Crippen molar-refractivity contribution in [1.82, 2.24) is 26.2 Å². The van der Waals surface area contributed by atoms with Gasteiger partial charge in [-0.05, 0) is 30.0 Å². The number of imide groups is 1. The number of carbonyl (C=O) groups is 2. The summed E-state index contributed by atoms with van der Waals surface area (Å²) in [7, 11) is 1.39. The predicted octanol–water partition coefficient (Wildman–Crippen LogP) is 1.70. The number of hydrogen-bond acceptors (Lipinski definition) is 6. The summed E-state index contributed by atoms with van der Waals surface area (Å²) in [6.45, 7) is 0.379. The highest BCUT2D eigenvalue weighted by Crippen LogP contribution is 2.25. The van der Waals surface area contributed by atoms with Crippen molar-refractivity contribution < 1.29 is 27.5 Å². The van der Waals surface area contributed by atoms with Crippen LogP contribution in [-0.2, 0) is 11.2 Å². The number of rotatable bonds is 6. The summed E-state index contributed by atoms with van der Waals surface area (Å²) in [4.78, 5) is 25.9. The fourth-order valence-electron chi connectivity index (χ4n) is 3.24. The van der Waals surface area contributed by atoms with Crippen molar-refractivity contribution in [1.29, 1.82) is 0 Å². The molecule has 0 spiro atoms. The first-order chi connectivity index (χ1) is 14.7. The van der Waals surface area contributed by atoms with E-state index < -0.39 is 24.5 Å². The lowest BCUT2D eigenvalue weighted by atomic mass is 10.1. The summed E-state index contributed by atoms with van der Waals surface area (Å²) in [6, 6.07) is 4.91. The second-order valence-corrected chi connectivity index (χ2v) is 6.81. The maximum atomic E-state index is 12.6. The second kappa shape index (κ2) is 9.45. The van der Waals surface area contributed by atoms with Crippen LogP contribution < -0.4 is 26.0 Å². The molecule has 4 N–H and O–H groups in total. The minimum atomic E-state index is -4.78. The number of nitrogens with zero attached hydrogens (tertiary/aromatic N) is 1. The van der Waals surface area contributed by atoms with Crippen LogP contribution in [0.2, 0.25) is 0 Å². The zero-order chi connectivity index (χ0) is 22.4. The number of nitrogens with one attached hydrogen (secondary N) is 4. The second-order valence-electron chi connectivity index (χ2n) is 6.81. The highest BCUT2D eigenvalue weighted by Gasteiger charge is 2.33. The van der Waals surface area contributed by atoms with E-state index in [0.29, 0.717) is 12.1 Å². The van der Waals surface area contributed by atoms with Crippen LogP contribution in [0.4, 0.5) is 18.0 Å². The van der Waals surface area contributed by atoms with Gasteiger partial charge in [0.1, 0.15) is 17.6 Å². The number of ether oxygens (including phenoxy) is 1. The number of alkyl halides is 3. The molecule has 3 rings (SSSR count). The molecule has 3 amide bonds. The Morgan fingerprint density at radius 1 is 1.23 bits per heavy atom. The molecular weight excluding hydrogens is 415 g/mol. The number of allylic oxidation sites excluding steroid dienone is 2. The number of hydrogen-bond donors (Lipinski definition) is 4. The first kappa shape index (κ1) is 22.1. The van der Waals surface area contributed by atoms with Gasteiger partial charge in [0.2, 0.25) is 0 Å². The monoisotopic (exact) mass is 437 g/mol. The average Bonchev–Trinajstić information content (AvgIpc) is 3.10. The van der Waals surface area contributed by atoms with Crippen LogP contribution in [0.15, 0.2) is 60.6 Å². The SMILES string of the molecule is CNC(=O)NC(=O)C1=CNC(Cc2cccc(OC(F)(F)F)c2)N1CC1C=CC=CN1. The zero-order valence-electron chi connectivity index (χ0n) is 16.6. The van der Waals surface area contributed by atoms with Crippen LogP contribution in [0.5, 0.6) is 5.75 Å². The van der Waals surface area contributed by atoms with Crippen LogP contribution in [0.1, 0.15) is 5.56 Å². The van der Waals surface area contributed by atoms with Crippen molar-refractivity contribution >= 4 is 11.9 Å². The molecule has 8 nitrogen and oxygen atoms in total. The average molecular weight is 437 g/mol. The maximum absolute atomic E-state index is 12.6. The Morgan fingerprint density at radius 2 is 2.03 bits per heavy atom. The number of benzene rings is 1. The number of dihydropyridines is 1. The van der Waals surface area contributed by atoms with E-state index in [2.05, 4.69) is 26.0 Å². The quantitative estimate of drug-likeness (QED) is 0.541. The first-order valence-corrected chi connectivity index (χ1v) is 9.45. The molecular formula is C20H22F3N5O3. The van der Waals surface area contributed by atoms with E-state index in [4.69, 9.17) is 0 Å². The molecule has 2 aliphatic rings. The minimum absolute atomic E-state index is 0.108. The van der Waals surface area contributed by atoms with E-state index in [9.17, 15) is 22.8 Å². The van der Waals surface area contributed by atoms with Crippen molar-refractivity contribution in [3.8, 4) is 5.75 Å². The molecule has 2 atom stereocenters. The van der Waals surface area contributed by atoms with E-state index in [-0.39, 0.29) is 23.9 Å². The van der Waals surface area contributed by atoms with Gasteiger partial charge in [-0.2, -0.15) is 0 Å². The van der Waals surface area contributed by atoms with Gasteiger partial charge >= 0.3 is 12.4 Å². The van der Waals surface area contributed by atoms with Gasteiger partial charge in [-0.25, -0.2) is 4.79 Å². The van der Waals surface area contributed by atoms with Gasteiger partial charge in [-0.1, -0.05) is 24.3 Å². The van der Waals surface area contributed by atoms with Crippen LogP contribution in [-0.4, -0.2) is 49.0 Å². The van der Waals surface area contributed by atoms with Crippen molar-refractivity contribution in [2.45, 2.75) is 25.0 Å². The summed E-state index contributed by atoms with van der Waals surface area (Å²) < 4.78 is 41.6. The normalized spacial score (nSPS) is 19.9. The Morgan fingerprint density at radius 3 is 2.71 bits per heavy atom. The van der Waals surface area contributed by atoms with Gasteiger partial charge in [0, 0.05) is 26.2 Å². The van der Waals surface area contributed by atoms with Crippen molar-refractivity contribution in [3.05, 3.63) is 66.2 Å². The number of amides is 3. The zero-order valence-corrected chi connectivity index (χ0v) is 16.6. The summed E-state index contributed by atoms with van der Waals surface area (Å²) >= 11 is 0. The molecule has 11 heteroatoms. The minimum Gasteiger partial charge on any atom is -0.406 e. The third-order valence-electron chi connectivity index (χ3n) is 4.60. The maximum Gasteiger partial charge on any atom is 0.573 e. The van der Waals surface area contributed by atoms with Crippen LogP contribution in [0.3, 0.4) is 0 Å². The smallest absolute Gasteiger partial charge is 0.406 e. The standard InChI is InChI=1S/C20H22F3N5O3/c1-24-19(30)27-18(29)16-11-26-17(28(16)12-14-6-2-3-8-25-14)10-13-5-4-7-15(9-13)31-20(21,22)23/h2-9,11,14,17,25-26H,10,12H2,1H3,(H2,24,27,29,30). The largest absolute Gasteiger partial charge is 0.573 e. The van der Waals surface area contributed by atoms with Crippen LogP contribution in [0.25, 0.3) is 0 Å². The van der Waals surface area contributed by atoms with Crippen molar-refractivity contribution in [2.75, 3.05) is 13.6 Å². The molecule has 0 saturated heterocycles. The molecule has 0 bridgehead atoms. The number of carbonyl (C=O) groups excluding carboxylic acids is 2. The van der Waals surface area contributed by atoms with Gasteiger partial charge < -0.3 is 25.6 Å². The molecule has 0 aromatic heterocycles. The fraction of sp³-hybridized carbons (Fsp3) is 0.300. The Bertz CT molecular complexity index is 914. The molecule has 31 heavy (non-hydrogen) atoms. The Kier molecular flexibility index (Phi) is 6.73. The van der Waals surface area contributed by atoms with Gasteiger partial charge in [-0.15, -0.1) is 13.2 Å². The van der Waals surface area contributed by atoms with E-state index in [1.54, 1.807) is 17.2 Å². The lowest BCUT2D eigenvalue weighted by Crippen LogP contribution is -2.48. The Balaban J connectivity index is 1.76. The third-order valence-corrected chi connectivity index (χ3v) is 4.60. The molecule has 2 unspecified atom stereocenters. The van der Waals surface area contributed by atoms with Gasteiger partial charge in [0.05, 0.1) is 6.04 Å². The van der Waals surface area contributed by atoms with Crippen LogP contribution in [0, 0.1) is 0 Å². The fourth-order valence-corrected chi connectivity index (χ4v) is 3.24. The number of halogens is 3.